The Labute approximate surface area is 134 Å². The molecule has 1 fully saturated rings. The van der Waals surface area contributed by atoms with Gasteiger partial charge in [-0.15, -0.1) is 0 Å². The van der Waals surface area contributed by atoms with E-state index >= 15 is 0 Å². The summed E-state index contributed by atoms with van der Waals surface area (Å²) < 4.78 is 0. The van der Waals surface area contributed by atoms with E-state index in [2.05, 4.69) is 17.2 Å². The lowest BCUT2D eigenvalue weighted by Gasteiger charge is -2.19. The Morgan fingerprint density at radius 2 is 2.29 bits per heavy atom. The van der Waals surface area contributed by atoms with Crippen molar-refractivity contribution in [3.63, 3.8) is 0 Å². The monoisotopic (exact) mass is 328 g/mol. The van der Waals surface area contributed by atoms with Crippen LogP contribution in [0.2, 0.25) is 0 Å². The van der Waals surface area contributed by atoms with Gasteiger partial charge < -0.3 is 16.0 Å². The molecule has 1 heterocycles. The minimum atomic E-state index is -0.0747. The molecule has 1 aromatic rings. The normalized spacial score (nSPS) is 21.5. The van der Waals surface area contributed by atoms with Crippen LogP contribution in [0.5, 0.6) is 0 Å². The number of carbonyl (C=O) groups excluding carboxylic acids is 1. The second kappa shape index (κ2) is 7.35. The Morgan fingerprint density at radius 3 is 2.95 bits per heavy atom. The molecule has 1 saturated carbocycles. The fraction of sp³-hybridized carbons (Fsp3) is 0.714. The molecule has 2 atom stereocenters. The fourth-order valence-corrected chi connectivity index (χ4v) is 4.63. The molecule has 0 aromatic carbocycles. The average molecular weight is 329 g/mol. The Balaban J connectivity index is 2.04. The fourth-order valence-electron chi connectivity index (χ4n) is 2.52. The molecule has 5 nitrogen and oxygen atoms in total. The number of nitrogens with two attached hydrogens (primary N) is 1. The lowest BCUT2D eigenvalue weighted by atomic mass is 10.2. The zero-order valence-corrected chi connectivity index (χ0v) is 14.5. The molecule has 21 heavy (non-hydrogen) atoms. The number of anilines is 2. The molecule has 1 aliphatic carbocycles. The van der Waals surface area contributed by atoms with E-state index in [0.717, 1.165) is 23.8 Å². The number of amides is 1. The van der Waals surface area contributed by atoms with Crippen molar-refractivity contribution in [2.45, 2.75) is 44.4 Å². The molecule has 1 aliphatic rings. The van der Waals surface area contributed by atoms with E-state index in [4.69, 9.17) is 5.73 Å². The van der Waals surface area contributed by atoms with E-state index in [-0.39, 0.29) is 11.9 Å². The summed E-state index contributed by atoms with van der Waals surface area (Å²) in [6, 6.07) is 0.260. The maximum absolute atomic E-state index is 12.4. The van der Waals surface area contributed by atoms with Gasteiger partial charge in [-0.05, 0) is 25.5 Å². The van der Waals surface area contributed by atoms with E-state index in [1.54, 1.807) is 0 Å². The van der Waals surface area contributed by atoms with Gasteiger partial charge in [0.2, 0.25) is 0 Å². The summed E-state index contributed by atoms with van der Waals surface area (Å²) in [5.41, 5.74) is 5.91. The first-order chi connectivity index (χ1) is 10.1. The highest BCUT2D eigenvalue weighted by atomic mass is 32.2. The van der Waals surface area contributed by atoms with Gasteiger partial charge in [-0.25, -0.2) is 4.98 Å². The molecular weight excluding hydrogens is 304 g/mol. The van der Waals surface area contributed by atoms with Gasteiger partial charge in [0.05, 0.1) is 0 Å². The van der Waals surface area contributed by atoms with Crippen molar-refractivity contribution in [2.75, 3.05) is 30.0 Å². The third kappa shape index (κ3) is 3.83. The van der Waals surface area contributed by atoms with Gasteiger partial charge in [0.1, 0.15) is 10.7 Å². The van der Waals surface area contributed by atoms with Crippen molar-refractivity contribution < 1.29 is 4.79 Å². The Hall–Kier alpha value is -0.950. The van der Waals surface area contributed by atoms with E-state index in [9.17, 15) is 4.79 Å². The number of nitrogen functional groups attached to an aromatic ring is 1. The third-order valence-electron chi connectivity index (χ3n) is 3.80. The number of hydrogen-bond acceptors (Lipinski definition) is 6. The first kappa shape index (κ1) is 16.4. The number of nitrogens with zero attached hydrogens (tertiary/aromatic N) is 2. The average Bonchev–Trinajstić information content (AvgIpc) is 3.05. The van der Waals surface area contributed by atoms with E-state index < -0.39 is 0 Å². The summed E-state index contributed by atoms with van der Waals surface area (Å²) in [6.07, 6.45) is 3.43. The van der Waals surface area contributed by atoms with Crippen LogP contribution in [0.1, 0.15) is 42.8 Å². The van der Waals surface area contributed by atoms with Crippen LogP contribution in [-0.4, -0.2) is 41.5 Å². The minimum absolute atomic E-state index is 0.0747. The molecule has 2 unspecified atom stereocenters. The Bertz CT molecular complexity index is 491. The van der Waals surface area contributed by atoms with Crippen LogP contribution in [-0.2, 0) is 0 Å². The predicted octanol–water partition coefficient (Wildman–Crippen LogP) is 2.59. The van der Waals surface area contributed by atoms with Crippen LogP contribution < -0.4 is 16.0 Å². The van der Waals surface area contributed by atoms with Crippen LogP contribution in [0.3, 0.4) is 0 Å². The molecule has 1 amide bonds. The summed E-state index contributed by atoms with van der Waals surface area (Å²) in [4.78, 5) is 19.3. The predicted molar refractivity (Wildman–Crippen MR) is 92.5 cm³/mol. The van der Waals surface area contributed by atoms with Crippen LogP contribution in [0, 0.1) is 0 Å². The second-order valence-electron chi connectivity index (χ2n) is 5.23. The van der Waals surface area contributed by atoms with Crippen LogP contribution in [0.15, 0.2) is 0 Å². The molecule has 3 N–H and O–H groups in total. The van der Waals surface area contributed by atoms with Crippen molar-refractivity contribution in [1.29, 1.82) is 0 Å². The summed E-state index contributed by atoms with van der Waals surface area (Å²) >= 11 is 3.30. The van der Waals surface area contributed by atoms with Gasteiger partial charge >= 0.3 is 0 Å². The largest absolute Gasteiger partial charge is 0.382 e. The topological polar surface area (TPSA) is 71.2 Å². The molecule has 7 heteroatoms. The standard InChI is InChI=1S/C14H24N4OS2/c1-4-18(3)14-17-12(15)11(21-14)13(19)16-9-7-6-8-10(9)20-5-2/h9-10H,4-8,15H2,1-3H3,(H,16,19). The molecule has 0 radical (unpaired) electrons. The minimum Gasteiger partial charge on any atom is -0.382 e. The number of hydrogen-bond donors (Lipinski definition) is 2. The van der Waals surface area contributed by atoms with Crippen LogP contribution in [0.4, 0.5) is 10.9 Å². The lowest BCUT2D eigenvalue weighted by molar-refractivity contribution is 0.0943. The van der Waals surface area contributed by atoms with Crippen molar-refractivity contribution in [3.8, 4) is 0 Å². The first-order valence-corrected chi connectivity index (χ1v) is 9.33. The highest BCUT2D eigenvalue weighted by Crippen LogP contribution is 2.31. The van der Waals surface area contributed by atoms with Crippen LogP contribution >= 0.6 is 23.1 Å². The molecule has 0 spiro atoms. The number of nitrogens with one attached hydrogen (secondary N) is 1. The molecular formula is C14H24N4OS2. The van der Waals surface area contributed by atoms with Crippen molar-refractivity contribution in [2.24, 2.45) is 0 Å². The first-order valence-electron chi connectivity index (χ1n) is 7.46. The Morgan fingerprint density at radius 1 is 1.52 bits per heavy atom. The molecule has 0 saturated heterocycles. The number of rotatable bonds is 6. The molecule has 118 valence electrons. The number of carbonyl (C=O) groups is 1. The lowest BCUT2D eigenvalue weighted by Crippen LogP contribution is -2.38. The van der Waals surface area contributed by atoms with Gasteiger partial charge in [0.15, 0.2) is 5.13 Å². The maximum atomic E-state index is 12.4. The third-order valence-corrected chi connectivity index (χ3v) is 6.31. The summed E-state index contributed by atoms with van der Waals surface area (Å²) in [5, 5.41) is 4.48. The maximum Gasteiger partial charge on any atom is 0.265 e. The van der Waals surface area contributed by atoms with Gasteiger partial charge in [0.25, 0.3) is 5.91 Å². The number of thiazole rings is 1. The smallest absolute Gasteiger partial charge is 0.265 e. The number of aromatic nitrogens is 1. The zero-order valence-electron chi connectivity index (χ0n) is 12.9. The van der Waals surface area contributed by atoms with Crippen LogP contribution in [0.25, 0.3) is 0 Å². The summed E-state index contributed by atoms with van der Waals surface area (Å²) in [6.45, 7) is 5.05. The molecule has 0 aliphatic heterocycles. The van der Waals surface area contributed by atoms with Crippen molar-refractivity contribution in [3.05, 3.63) is 4.88 Å². The molecule has 2 rings (SSSR count). The van der Waals surface area contributed by atoms with Gasteiger partial charge in [-0.2, -0.15) is 11.8 Å². The van der Waals surface area contributed by atoms with E-state index in [1.165, 1.54) is 24.2 Å². The van der Waals surface area contributed by atoms with Gasteiger partial charge in [0, 0.05) is 24.9 Å². The van der Waals surface area contributed by atoms with E-state index in [0.29, 0.717) is 15.9 Å². The highest BCUT2D eigenvalue weighted by Gasteiger charge is 2.30. The zero-order chi connectivity index (χ0) is 15.4. The van der Waals surface area contributed by atoms with Crippen molar-refractivity contribution >= 4 is 40.0 Å². The van der Waals surface area contributed by atoms with Crippen molar-refractivity contribution in [1.82, 2.24) is 10.3 Å². The summed E-state index contributed by atoms with van der Waals surface area (Å²) in [7, 11) is 1.95. The quantitative estimate of drug-likeness (QED) is 0.840. The summed E-state index contributed by atoms with van der Waals surface area (Å²) in [5.74, 6) is 1.35. The van der Waals surface area contributed by atoms with Gasteiger partial charge in [-0.1, -0.05) is 24.7 Å². The van der Waals surface area contributed by atoms with Gasteiger partial charge in [-0.3, -0.25) is 4.79 Å². The highest BCUT2D eigenvalue weighted by molar-refractivity contribution is 7.99. The molecule has 1 aromatic heterocycles. The molecule has 0 bridgehead atoms. The second-order valence-corrected chi connectivity index (χ2v) is 7.72. The number of thioether (sulfide) groups is 1. The Kier molecular flexibility index (Phi) is 5.75. The van der Waals surface area contributed by atoms with E-state index in [1.807, 2.05) is 30.6 Å². The SMILES string of the molecule is CCSC1CCCC1NC(=O)c1sc(N(C)CC)nc1N.